The molecule has 94 valence electrons. The molecule has 3 nitrogen and oxygen atoms in total. The zero-order valence-corrected chi connectivity index (χ0v) is 11.0. The highest BCUT2D eigenvalue weighted by molar-refractivity contribution is 5.31. The van der Waals surface area contributed by atoms with Gasteiger partial charge in [-0.15, -0.1) is 0 Å². The first-order valence-electron chi connectivity index (χ1n) is 6.10. The number of benzene rings is 1. The van der Waals surface area contributed by atoms with Crippen molar-refractivity contribution in [2.45, 2.75) is 33.3 Å². The number of hydrogen-bond donors (Lipinski definition) is 1. The van der Waals surface area contributed by atoms with E-state index in [2.05, 4.69) is 42.0 Å². The van der Waals surface area contributed by atoms with Crippen molar-refractivity contribution >= 4 is 0 Å². The zero-order chi connectivity index (χ0) is 13.1. The lowest BCUT2D eigenvalue weighted by Gasteiger charge is -2.13. The van der Waals surface area contributed by atoms with Gasteiger partial charge in [0.05, 0.1) is 5.69 Å². The van der Waals surface area contributed by atoms with Crippen LogP contribution in [0.4, 0.5) is 0 Å². The van der Waals surface area contributed by atoms with Crippen LogP contribution in [0.15, 0.2) is 30.5 Å². The van der Waals surface area contributed by atoms with E-state index in [0.29, 0.717) is 17.9 Å². The second kappa shape index (κ2) is 5.27. The third kappa shape index (κ3) is 2.93. The Morgan fingerprint density at radius 1 is 1.17 bits per heavy atom. The maximum Gasteiger partial charge on any atom is 0.125 e. The Balaban J connectivity index is 2.21. The molecule has 3 heteroatoms. The summed E-state index contributed by atoms with van der Waals surface area (Å²) in [6, 6.07) is 8.05. The summed E-state index contributed by atoms with van der Waals surface area (Å²) < 4.78 is 0. The fraction of sp³-hybridized carbons (Fsp3) is 0.333. The van der Waals surface area contributed by atoms with E-state index in [9.17, 15) is 5.11 Å². The molecular weight excluding hydrogens is 224 g/mol. The standard InChI is InChI=1S/C15H18N2O/c1-10-4-5-11(2)13(8-10)9-15(18)14-6-7-16-12(3)17-14/h4-8,15,18H,9H2,1-3H3. The maximum atomic E-state index is 10.2. The van der Waals surface area contributed by atoms with Crippen molar-refractivity contribution in [2.75, 3.05) is 0 Å². The Morgan fingerprint density at radius 3 is 2.67 bits per heavy atom. The van der Waals surface area contributed by atoms with E-state index in [1.807, 2.05) is 6.92 Å². The summed E-state index contributed by atoms with van der Waals surface area (Å²) in [5.41, 5.74) is 4.26. The molecule has 2 rings (SSSR count). The summed E-state index contributed by atoms with van der Waals surface area (Å²) in [7, 11) is 0. The normalized spacial score (nSPS) is 12.4. The minimum Gasteiger partial charge on any atom is -0.386 e. The summed E-state index contributed by atoms with van der Waals surface area (Å²) in [6.07, 6.45) is 1.70. The molecule has 1 heterocycles. The minimum atomic E-state index is -0.577. The van der Waals surface area contributed by atoms with Crippen LogP contribution >= 0.6 is 0 Å². The van der Waals surface area contributed by atoms with E-state index in [-0.39, 0.29) is 0 Å². The molecule has 0 spiro atoms. The summed E-state index contributed by atoms with van der Waals surface area (Å²) in [5.74, 6) is 0.688. The first kappa shape index (κ1) is 12.7. The molecule has 18 heavy (non-hydrogen) atoms. The average molecular weight is 242 g/mol. The van der Waals surface area contributed by atoms with Crippen LogP contribution in [0.5, 0.6) is 0 Å². The number of hydrogen-bond acceptors (Lipinski definition) is 3. The molecular formula is C15H18N2O. The van der Waals surface area contributed by atoms with Crippen LogP contribution in [0, 0.1) is 20.8 Å². The lowest BCUT2D eigenvalue weighted by molar-refractivity contribution is 0.173. The molecule has 0 bridgehead atoms. The van der Waals surface area contributed by atoms with E-state index in [0.717, 1.165) is 0 Å². The molecule has 2 aromatic rings. The zero-order valence-electron chi connectivity index (χ0n) is 11.0. The molecule has 0 amide bonds. The van der Waals surface area contributed by atoms with Crippen molar-refractivity contribution in [3.8, 4) is 0 Å². The predicted octanol–water partition coefficient (Wildman–Crippen LogP) is 2.68. The van der Waals surface area contributed by atoms with Gasteiger partial charge in [0.1, 0.15) is 11.9 Å². The van der Waals surface area contributed by atoms with Gasteiger partial charge in [0.15, 0.2) is 0 Å². The fourth-order valence-corrected chi connectivity index (χ4v) is 1.99. The number of aliphatic hydroxyl groups excluding tert-OH is 1. The highest BCUT2D eigenvalue weighted by atomic mass is 16.3. The van der Waals surface area contributed by atoms with Crippen molar-refractivity contribution in [2.24, 2.45) is 0 Å². The van der Waals surface area contributed by atoms with Gasteiger partial charge in [-0.3, -0.25) is 0 Å². The molecule has 1 N–H and O–H groups in total. The molecule has 1 atom stereocenters. The molecule has 1 unspecified atom stereocenters. The molecule has 0 fully saturated rings. The number of aryl methyl sites for hydroxylation is 3. The molecule has 0 aliphatic carbocycles. The summed E-state index contributed by atoms with van der Waals surface area (Å²) in [4.78, 5) is 8.30. The molecule has 0 saturated heterocycles. The van der Waals surface area contributed by atoms with Crippen LogP contribution in [0.1, 0.15) is 34.3 Å². The Labute approximate surface area is 108 Å². The van der Waals surface area contributed by atoms with Crippen LogP contribution in [-0.4, -0.2) is 15.1 Å². The van der Waals surface area contributed by atoms with Crippen molar-refractivity contribution < 1.29 is 5.11 Å². The predicted molar refractivity (Wildman–Crippen MR) is 71.3 cm³/mol. The van der Waals surface area contributed by atoms with Gasteiger partial charge in [-0.05, 0) is 38.0 Å². The third-order valence-corrected chi connectivity index (χ3v) is 3.06. The highest BCUT2D eigenvalue weighted by Crippen LogP contribution is 2.19. The van der Waals surface area contributed by atoms with Crippen LogP contribution in [-0.2, 0) is 6.42 Å². The summed E-state index contributed by atoms with van der Waals surface area (Å²) >= 11 is 0. The second-order valence-corrected chi connectivity index (χ2v) is 4.68. The van der Waals surface area contributed by atoms with Gasteiger partial charge in [0.25, 0.3) is 0 Å². The van der Waals surface area contributed by atoms with Gasteiger partial charge in [-0.25, -0.2) is 9.97 Å². The SMILES string of the molecule is Cc1ccc(C)c(CC(O)c2ccnc(C)n2)c1. The average Bonchev–Trinajstić information content (AvgIpc) is 2.34. The smallest absolute Gasteiger partial charge is 0.125 e. The van der Waals surface area contributed by atoms with Crippen molar-refractivity contribution in [3.05, 3.63) is 58.7 Å². The molecule has 1 aromatic heterocycles. The van der Waals surface area contributed by atoms with Gasteiger partial charge in [-0.2, -0.15) is 0 Å². The van der Waals surface area contributed by atoms with E-state index < -0.39 is 6.10 Å². The number of aromatic nitrogens is 2. The van der Waals surface area contributed by atoms with Crippen LogP contribution in [0.2, 0.25) is 0 Å². The minimum absolute atomic E-state index is 0.577. The number of rotatable bonds is 3. The lowest BCUT2D eigenvalue weighted by atomic mass is 9.99. The third-order valence-electron chi connectivity index (χ3n) is 3.06. The van der Waals surface area contributed by atoms with Gasteiger partial charge in [0, 0.05) is 12.6 Å². The Hall–Kier alpha value is -1.74. The van der Waals surface area contributed by atoms with E-state index in [4.69, 9.17) is 0 Å². The van der Waals surface area contributed by atoms with Crippen molar-refractivity contribution in [3.63, 3.8) is 0 Å². The van der Waals surface area contributed by atoms with Crippen LogP contribution in [0.3, 0.4) is 0 Å². The highest BCUT2D eigenvalue weighted by Gasteiger charge is 2.12. The maximum absolute atomic E-state index is 10.2. The molecule has 1 aromatic carbocycles. The van der Waals surface area contributed by atoms with Crippen molar-refractivity contribution in [1.82, 2.24) is 9.97 Å². The second-order valence-electron chi connectivity index (χ2n) is 4.68. The van der Waals surface area contributed by atoms with Gasteiger partial charge >= 0.3 is 0 Å². The van der Waals surface area contributed by atoms with Gasteiger partial charge in [-0.1, -0.05) is 23.8 Å². The van der Waals surface area contributed by atoms with Crippen molar-refractivity contribution in [1.29, 1.82) is 0 Å². The monoisotopic (exact) mass is 242 g/mol. The first-order chi connectivity index (χ1) is 8.56. The quantitative estimate of drug-likeness (QED) is 0.900. The molecule has 0 saturated carbocycles. The van der Waals surface area contributed by atoms with Gasteiger partial charge in [0.2, 0.25) is 0 Å². The fourth-order valence-electron chi connectivity index (χ4n) is 1.99. The number of aliphatic hydroxyl groups is 1. The summed E-state index contributed by atoms with van der Waals surface area (Å²) in [6.45, 7) is 5.95. The van der Waals surface area contributed by atoms with E-state index >= 15 is 0 Å². The lowest BCUT2D eigenvalue weighted by Crippen LogP contribution is -2.06. The molecule has 0 aliphatic heterocycles. The Bertz CT molecular complexity index is 552. The van der Waals surface area contributed by atoms with Crippen LogP contribution in [0.25, 0.3) is 0 Å². The molecule has 0 radical (unpaired) electrons. The summed E-state index contributed by atoms with van der Waals surface area (Å²) in [5, 5.41) is 10.2. The Morgan fingerprint density at radius 2 is 1.94 bits per heavy atom. The topological polar surface area (TPSA) is 46.0 Å². The van der Waals surface area contributed by atoms with Gasteiger partial charge < -0.3 is 5.11 Å². The first-order valence-corrected chi connectivity index (χ1v) is 6.10. The largest absolute Gasteiger partial charge is 0.386 e. The van der Waals surface area contributed by atoms with E-state index in [1.54, 1.807) is 12.3 Å². The number of nitrogens with zero attached hydrogens (tertiary/aromatic N) is 2. The van der Waals surface area contributed by atoms with E-state index in [1.165, 1.54) is 16.7 Å². The molecule has 0 aliphatic rings. The Kier molecular flexibility index (Phi) is 3.72. The van der Waals surface area contributed by atoms with Crippen LogP contribution < -0.4 is 0 Å².